The predicted molar refractivity (Wildman–Crippen MR) is 103 cm³/mol. The van der Waals surface area contributed by atoms with E-state index in [1.165, 1.54) is 0 Å². The summed E-state index contributed by atoms with van der Waals surface area (Å²) >= 11 is 6.20. The fraction of sp³-hybridized carbons (Fsp3) is 0.316. The number of carbonyl (C=O) groups excluding carboxylic acids is 1. The molecule has 1 saturated heterocycles. The monoisotopic (exact) mass is 380 g/mol. The molecule has 2 atom stereocenters. The van der Waals surface area contributed by atoms with Crippen LogP contribution in [0.1, 0.15) is 27.9 Å². The van der Waals surface area contributed by atoms with E-state index in [0.717, 1.165) is 11.1 Å². The quantitative estimate of drug-likeness (QED) is 0.766. The summed E-state index contributed by atoms with van der Waals surface area (Å²) in [6, 6.07) is 15.0. The molecule has 0 spiro atoms. The van der Waals surface area contributed by atoms with Gasteiger partial charge < -0.3 is 15.7 Å². The maximum atomic E-state index is 12.9. The molecule has 1 fully saturated rings. The van der Waals surface area contributed by atoms with Crippen molar-refractivity contribution < 1.29 is 9.90 Å². The molecule has 134 valence electrons. The molecule has 0 aromatic heterocycles. The van der Waals surface area contributed by atoms with Crippen LogP contribution in [-0.2, 0) is 5.54 Å². The molecule has 0 radical (unpaired) electrons. The van der Waals surface area contributed by atoms with Crippen LogP contribution in [0.3, 0.4) is 0 Å². The predicted octanol–water partition coefficient (Wildman–Crippen LogP) is 3.05. The molecule has 0 saturated carbocycles. The van der Waals surface area contributed by atoms with Crippen LogP contribution >= 0.6 is 24.0 Å². The number of carbonyl (C=O) groups is 1. The molecular formula is C19H22Cl2N2O2. The highest BCUT2D eigenvalue weighted by atomic mass is 35.5. The topological polar surface area (TPSA) is 61.4 Å². The average Bonchev–Trinajstić information content (AvgIpc) is 2.60. The van der Waals surface area contributed by atoms with E-state index < -0.39 is 11.6 Å². The van der Waals surface area contributed by atoms with Gasteiger partial charge >= 0.3 is 0 Å². The third-order valence-corrected chi connectivity index (χ3v) is 4.92. The van der Waals surface area contributed by atoms with Crippen molar-refractivity contribution in [2.45, 2.75) is 25.0 Å². The molecule has 1 amide bonds. The molecule has 3 N–H and O–H groups in total. The van der Waals surface area contributed by atoms with E-state index >= 15 is 0 Å². The molecule has 1 heterocycles. The van der Waals surface area contributed by atoms with Crippen LogP contribution in [0.25, 0.3) is 0 Å². The number of amides is 1. The Labute approximate surface area is 159 Å². The molecule has 0 aliphatic carbocycles. The average molecular weight is 381 g/mol. The molecule has 6 heteroatoms. The van der Waals surface area contributed by atoms with Gasteiger partial charge in [-0.15, -0.1) is 12.4 Å². The second-order valence-electron chi connectivity index (χ2n) is 6.24. The summed E-state index contributed by atoms with van der Waals surface area (Å²) in [7, 11) is 0. The number of hydrogen-bond acceptors (Lipinski definition) is 3. The molecule has 3 rings (SSSR count). The SMILES string of the molecule is Cc1ccc(Cl)c(C(=O)N[C@]2(c3ccccc3)CCNC[C@H]2O)c1.Cl. The fourth-order valence-corrected chi connectivity index (χ4v) is 3.44. The molecule has 0 unspecified atom stereocenters. The van der Waals surface area contributed by atoms with Gasteiger partial charge in [-0.05, 0) is 37.6 Å². The zero-order chi connectivity index (χ0) is 17.2. The number of aliphatic hydroxyl groups is 1. The number of hydrogen-bond donors (Lipinski definition) is 3. The molecule has 1 aliphatic rings. The van der Waals surface area contributed by atoms with Crippen LogP contribution < -0.4 is 10.6 Å². The molecule has 2 aromatic rings. The maximum Gasteiger partial charge on any atom is 0.253 e. The molecule has 1 aliphatic heterocycles. The first kappa shape index (κ1) is 19.7. The summed E-state index contributed by atoms with van der Waals surface area (Å²) in [5.41, 5.74) is 1.47. The fourth-order valence-electron chi connectivity index (χ4n) is 3.24. The number of halogens is 2. The van der Waals surface area contributed by atoms with Crippen molar-refractivity contribution >= 4 is 29.9 Å². The first-order chi connectivity index (χ1) is 11.5. The molecule has 2 aromatic carbocycles. The number of benzene rings is 2. The highest BCUT2D eigenvalue weighted by Crippen LogP contribution is 2.32. The smallest absolute Gasteiger partial charge is 0.253 e. The van der Waals surface area contributed by atoms with Crippen LogP contribution in [0.2, 0.25) is 5.02 Å². The lowest BCUT2D eigenvalue weighted by Crippen LogP contribution is -2.61. The van der Waals surface area contributed by atoms with Crippen molar-refractivity contribution in [1.82, 2.24) is 10.6 Å². The van der Waals surface area contributed by atoms with Gasteiger partial charge in [0.1, 0.15) is 0 Å². The first-order valence-electron chi connectivity index (χ1n) is 8.06. The van der Waals surface area contributed by atoms with Gasteiger partial charge in [0.25, 0.3) is 5.91 Å². The normalized spacial score (nSPS) is 22.8. The summed E-state index contributed by atoms with van der Waals surface area (Å²) in [6.07, 6.45) is -0.117. The van der Waals surface area contributed by atoms with Crippen LogP contribution in [0.15, 0.2) is 48.5 Å². The summed E-state index contributed by atoms with van der Waals surface area (Å²) in [5.74, 6) is -0.270. The summed E-state index contributed by atoms with van der Waals surface area (Å²) in [4.78, 5) is 12.9. The molecule has 25 heavy (non-hydrogen) atoms. The van der Waals surface area contributed by atoms with Gasteiger partial charge in [0.2, 0.25) is 0 Å². The Hall–Kier alpha value is -1.59. The summed E-state index contributed by atoms with van der Waals surface area (Å²) in [6.45, 7) is 3.06. The summed E-state index contributed by atoms with van der Waals surface area (Å²) in [5, 5.41) is 17.3. The van der Waals surface area contributed by atoms with Crippen molar-refractivity contribution in [2.75, 3.05) is 13.1 Å². The van der Waals surface area contributed by atoms with E-state index in [9.17, 15) is 9.90 Å². The molecular weight excluding hydrogens is 359 g/mol. The van der Waals surface area contributed by atoms with Crippen molar-refractivity contribution in [2.24, 2.45) is 0 Å². The van der Waals surface area contributed by atoms with Crippen molar-refractivity contribution in [3.8, 4) is 0 Å². The number of piperidine rings is 1. The molecule has 4 nitrogen and oxygen atoms in total. The van der Waals surface area contributed by atoms with E-state index in [-0.39, 0.29) is 18.3 Å². The van der Waals surface area contributed by atoms with Crippen molar-refractivity contribution in [3.05, 3.63) is 70.2 Å². The number of aryl methyl sites for hydroxylation is 1. The van der Waals surface area contributed by atoms with Crippen LogP contribution in [0.4, 0.5) is 0 Å². The third-order valence-electron chi connectivity index (χ3n) is 4.59. The van der Waals surface area contributed by atoms with Crippen molar-refractivity contribution in [3.63, 3.8) is 0 Å². The van der Waals surface area contributed by atoms with E-state index in [1.807, 2.05) is 43.3 Å². The Kier molecular flexibility index (Phi) is 6.47. The highest BCUT2D eigenvalue weighted by Gasteiger charge is 2.43. The van der Waals surface area contributed by atoms with E-state index in [0.29, 0.717) is 30.1 Å². The van der Waals surface area contributed by atoms with E-state index in [1.54, 1.807) is 12.1 Å². The first-order valence-corrected chi connectivity index (χ1v) is 8.44. The standard InChI is InChI=1S/C19H21ClN2O2.ClH/c1-13-7-8-16(20)15(11-13)18(24)22-19(9-10-21-12-17(19)23)14-5-3-2-4-6-14;/h2-8,11,17,21,23H,9-10,12H2,1H3,(H,22,24);1H/t17-,19+;/m1./s1. The zero-order valence-corrected chi connectivity index (χ0v) is 15.5. The minimum absolute atomic E-state index is 0. The van der Waals surface area contributed by atoms with Gasteiger partial charge in [0, 0.05) is 6.54 Å². The largest absolute Gasteiger partial charge is 0.389 e. The minimum atomic E-state index is -0.823. The third kappa shape index (κ3) is 3.98. The lowest BCUT2D eigenvalue weighted by atomic mass is 9.79. The van der Waals surface area contributed by atoms with Crippen LogP contribution in [-0.4, -0.2) is 30.2 Å². The number of β-amino-alcohol motifs (C(OH)–C–C–N with tert-alkyl or cyclic N) is 1. The Morgan fingerprint density at radius 2 is 2.00 bits per heavy atom. The number of rotatable bonds is 3. The maximum absolute atomic E-state index is 12.9. The van der Waals surface area contributed by atoms with Gasteiger partial charge in [-0.2, -0.15) is 0 Å². The van der Waals surface area contributed by atoms with Crippen molar-refractivity contribution in [1.29, 1.82) is 0 Å². The second kappa shape index (κ2) is 8.19. The van der Waals surface area contributed by atoms with E-state index in [2.05, 4.69) is 10.6 Å². The van der Waals surface area contributed by atoms with Gasteiger partial charge in [-0.1, -0.05) is 53.6 Å². The Bertz CT molecular complexity index is 739. The Morgan fingerprint density at radius 3 is 2.68 bits per heavy atom. The number of nitrogens with one attached hydrogen (secondary N) is 2. The lowest BCUT2D eigenvalue weighted by molar-refractivity contribution is 0.0290. The van der Waals surface area contributed by atoms with E-state index in [4.69, 9.17) is 11.6 Å². The van der Waals surface area contributed by atoms with Gasteiger partial charge in [0.05, 0.1) is 22.2 Å². The van der Waals surface area contributed by atoms with Gasteiger partial charge in [-0.25, -0.2) is 0 Å². The van der Waals surface area contributed by atoms with Gasteiger partial charge in [-0.3, -0.25) is 4.79 Å². The Morgan fingerprint density at radius 1 is 1.28 bits per heavy atom. The Balaban J connectivity index is 0.00000225. The second-order valence-corrected chi connectivity index (χ2v) is 6.65. The van der Waals surface area contributed by atoms with Gasteiger partial charge in [0.15, 0.2) is 0 Å². The number of aliphatic hydroxyl groups excluding tert-OH is 1. The lowest BCUT2D eigenvalue weighted by Gasteiger charge is -2.43. The minimum Gasteiger partial charge on any atom is -0.389 e. The zero-order valence-electron chi connectivity index (χ0n) is 14.0. The van der Waals surface area contributed by atoms with Crippen LogP contribution in [0, 0.1) is 6.92 Å². The highest BCUT2D eigenvalue weighted by molar-refractivity contribution is 6.33. The summed E-state index contributed by atoms with van der Waals surface area (Å²) < 4.78 is 0. The van der Waals surface area contributed by atoms with Crippen LogP contribution in [0.5, 0.6) is 0 Å². The molecule has 0 bridgehead atoms.